The van der Waals surface area contributed by atoms with Crippen LogP contribution in [0.3, 0.4) is 0 Å². The highest BCUT2D eigenvalue weighted by molar-refractivity contribution is 14.0. The Hall–Kier alpha value is -1.72. The van der Waals surface area contributed by atoms with Crippen molar-refractivity contribution in [3.63, 3.8) is 0 Å². The molecule has 7 nitrogen and oxygen atoms in total. The monoisotopic (exact) mass is 546 g/mol. The zero-order chi connectivity index (χ0) is 21.2. The van der Waals surface area contributed by atoms with E-state index in [0.29, 0.717) is 36.1 Å². The van der Waals surface area contributed by atoms with Gasteiger partial charge in [-0.1, -0.05) is 30.3 Å². The van der Waals surface area contributed by atoms with E-state index in [2.05, 4.69) is 20.6 Å². The van der Waals surface area contributed by atoms with Crippen LogP contribution in [0.15, 0.2) is 35.3 Å². The van der Waals surface area contributed by atoms with Crippen molar-refractivity contribution in [2.45, 2.75) is 46.3 Å². The predicted molar refractivity (Wildman–Crippen MR) is 132 cm³/mol. The lowest BCUT2D eigenvalue weighted by Crippen LogP contribution is -2.39. The molecule has 2 unspecified atom stereocenters. The molecule has 166 valence electrons. The number of benzene rings is 1. The van der Waals surface area contributed by atoms with Crippen molar-refractivity contribution in [1.82, 2.24) is 15.6 Å². The predicted octanol–water partition coefficient (Wildman–Crippen LogP) is 3.47. The molecule has 0 fully saturated rings. The van der Waals surface area contributed by atoms with E-state index in [9.17, 15) is 9.90 Å². The Morgan fingerprint density at radius 1 is 1.30 bits per heavy atom. The van der Waals surface area contributed by atoms with Crippen molar-refractivity contribution in [1.29, 1.82) is 0 Å². The Morgan fingerprint density at radius 2 is 2.00 bits per heavy atom. The fraction of sp³-hybridized carbons (Fsp3) is 0.476. The quantitative estimate of drug-likeness (QED) is 0.193. The maximum Gasteiger partial charge on any atom is 0.350 e. The number of aliphatic hydroxyl groups excluding tert-OH is 1. The number of rotatable bonds is 9. The third-order valence-electron chi connectivity index (χ3n) is 4.12. The Balaban J connectivity index is 0.00000450. The van der Waals surface area contributed by atoms with E-state index in [-0.39, 0.29) is 42.5 Å². The van der Waals surface area contributed by atoms with E-state index < -0.39 is 6.10 Å². The van der Waals surface area contributed by atoms with Crippen molar-refractivity contribution in [3.8, 4) is 0 Å². The maximum atomic E-state index is 12.0. The van der Waals surface area contributed by atoms with E-state index in [0.717, 1.165) is 10.6 Å². The molecule has 0 aliphatic carbocycles. The summed E-state index contributed by atoms with van der Waals surface area (Å²) < 4.78 is 5.08. The lowest BCUT2D eigenvalue weighted by molar-refractivity contribution is 0.0531. The van der Waals surface area contributed by atoms with Gasteiger partial charge >= 0.3 is 5.97 Å². The molecule has 30 heavy (non-hydrogen) atoms. The minimum Gasteiger partial charge on any atom is -0.462 e. The van der Waals surface area contributed by atoms with Crippen LogP contribution in [0.1, 0.15) is 52.7 Å². The number of carbonyl (C=O) groups is 1. The number of aromatic nitrogens is 1. The molecule has 9 heteroatoms. The Kier molecular flexibility index (Phi) is 11.9. The van der Waals surface area contributed by atoms with Crippen molar-refractivity contribution >= 4 is 47.2 Å². The fourth-order valence-corrected chi connectivity index (χ4v) is 3.69. The molecule has 3 N–H and O–H groups in total. The number of carbonyl (C=O) groups excluding carboxylic acids is 1. The first-order chi connectivity index (χ1) is 13.9. The van der Waals surface area contributed by atoms with Crippen molar-refractivity contribution < 1.29 is 14.6 Å². The van der Waals surface area contributed by atoms with Gasteiger partial charge < -0.3 is 20.5 Å². The highest BCUT2D eigenvalue weighted by atomic mass is 127. The molecule has 1 heterocycles. The van der Waals surface area contributed by atoms with Crippen LogP contribution in [0.25, 0.3) is 0 Å². The number of guanidine groups is 1. The molecule has 0 aliphatic rings. The highest BCUT2D eigenvalue weighted by Gasteiger charge is 2.20. The van der Waals surface area contributed by atoms with Crippen molar-refractivity contribution in [2.75, 3.05) is 19.7 Å². The minimum absolute atomic E-state index is 0. The van der Waals surface area contributed by atoms with E-state index in [1.54, 1.807) is 13.8 Å². The third kappa shape index (κ3) is 8.19. The minimum atomic E-state index is -0.569. The summed E-state index contributed by atoms with van der Waals surface area (Å²) in [5.41, 5.74) is 1.74. The molecule has 2 aromatic rings. The molecule has 0 spiro atoms. The molecular formula is C21H31IN4O3S. The smallest absolute Gasteiger partial charge is 0.350 e. The lowest BCUT2D eigenvalue weighted by atomic mass is 10.1. The molecule has 0 saturated carbocycles. The van der Waals surface area contributed by atoms with Gasteiger partial charge in [0.1, 0.15) is 9.88 Å². The van der Waals surface area contributed by atoms with Crippen LogP contribution in [0.5, 0.6) is 0 Å². The highest BCUT2D eigenvalue weighted by Crippen LogP contribution is 2.24. The van der Waals surface area contributed by atoms with E-state index >= 15 is 0 Å². The molecule has 2 atom stereocenters. The topological polar surface area (TPSA) is 95.8 Å². The second kappa shape index (κ2) is 13.6. The summed E-state index contributed by atoms with van der Waals surface area (Å²) in [6, 6.07) is 9.70. The van der Waals surface area contributed by atoms with Gasteiger partial charge in [-0.25, -0.2) is 9.78 Å². The van der Waals surface area contributed by atoms with Gasteiger partial charge in [0.25, 0.3) is 0 Å². The number of aliphatic imine (C=N–C) groups is 1. The SMILES string of the molecule is CCNC(=NCC(O)Cc1ccccc1)NC(C)c1nc(C)c(C(=O)OCC)s1.I. The number of aryl methyl sites for hydroxylation is 1. The Bertz CT molecular complexity index is 814. The third-order valence-corrected chi connectivity index (χ3v) is 5.44. The first-order valence-corrected chi connectivity index (χ1v) is 10.7. The lowest BCUT2D eigenvalue weighted by Gasteiger charge is -2.17. The van der Waals surface area contributed by atoms with Crippen LogP contribution >= 0.6 is 35.3 Å². The van der Waals surface area contributed by atoms with Crippen molar-refractivity contribution in [3.05, 3.63) is 51.5 Å². The summed E-state index contributed by atoms with van der Waals surface area (Å²) in [5, 5.41) is 17.5. The average Bonchev–Trinajstić information content (AvgIpc) is 3.09. The number of hydrogen-bond acceptors (Lipinski definition) is 6. The average molecular weight is 546 g/mol. The zero-order valence-electron chi connectivity index (χ0n) is 17.8. The maximum absolute atomic E-state index is 12.0. The van der Waals surface area contributed by atoms with Gasteiger partial charge in [0.15, 0.2) is 5.96 Å². The Labute approximate surface area is 199 Å². The molecule has 0 bridgehead atoms. The van der Waals surface area contributed by atoms with Gasteiger partial charge in [-0.3, -0.25) is 4.99 Å². The number of aliphatic hydroxyl groups is 1. The largest absolute Gasteiger partial charge is 0.462 e. The van der Waals surface area contributed by atoms with Gasteiger partial charge in [-0.15, -0.1) is 35.3 Å². The molecule has 2 rings (SSSR count). The number of thiazole rings is 1. The number of esters is 1. The van der Waals surface area contributed by atoms with Gasteiger partial charge in [0.05, 0.1) is 31.0 Å². The second-order valence-electron chi connectivity index (χ2n) is 6.62. The van der Waals surface area contributed by atoms with Gasteiger partial charge in [0.2, 0.25) is 0 Å². The first-order valence-electron chi connectivity index (χ1n) is 9.85. The summed E-state index contributed by atoms with van der Waals surface area (Å²) >= 11 is 1.32. The van der Waals surface area contributed by atoms with E-state index in [1.165, 1.54) is 11.3 Å². The van der Waals surface area contributed by atoms with Gasteiger partial charge in [-0.05, 0) is 33.3 Å². The molecule has 0 radical (unpaired) electrons. The van der Waals surface area contributed by atoms with Crippen LogP contribution in [-0.2, 0) is 11.2 Å². The summed E-state index contributed by atoms with van der Waals surface area (Å²) in [6.07, 6.45) is -0.0193. The number of nitrogens with zero attached hydrogens (tertiary/aromatic N) is 2. The van der Waals surface area contributed by atoms with Crippen LogP contribution in [0, 0.1) is 6.92 Å². The number of halogens is 1. The summed E-state index contributed by atoms with van der Waals surface area (Å²) in [5.74, 6) is 0.253. The summed E-state index contributed by atoms with van der Waals surface area (Å²) in [6.45, 7) is 8.83. The second-order valence-corrected chi connectivity index (χ2v) is 7.65. The Morgan fingerprint density at radius 3 is 2.63 bits per heavy atom. The summed E-state index contributed by atoms with van der Waals surface area (Å²) in [7, 11) is 0. The standard InChI is InChI=1S/C21H30N4O3S.HI/c1-5-22-21(23-13-17(26)12-16-10-8-7-9-11-16)25-15(4)19-24-14(3)18(29-19)20(27)28-6-2;/h7-11,15,17,26H,5-6,12-13H2,1-4H3,(H2,22,23,25);1H. The van der Waals surface area contributed by atoms with Gasteiger partial charge in [0, 0.05) is 13.0 Å². The van der Waals surface area contributed by atoms with Crippen LogP contribution in [0.4, 0.5) is 0 Å². The molecule has 1 aromatic carbocycles. The number of nitrogens with one attached hydrogen (secondary N) is 2. The summed E-state index contributed by atoms with van der Waals surface area (Å²) in [4.78, 5) is 21.5. The first kappa shape index (κ1) is 26.3. The zero-order valence-corrected chi connectivity index (χ0v) is 21.0. The van der Waals surface area contributed by atoms with E-state index in [4.69, 9.17) is 4.74 Å². The van der Waals surface area contributed by atoms with Crippen LogP contribution < -0.4 is 10.6 Å². The number of hydrogen-bond donors (Lipinski definition) is 3. The van der Waals surface area contributed by atoms with Crippen LogP contribution in [-0.4, -0.2) is 47.8 Å². The molecule has 0 aliphatic heterocycles. The molecular weight excluding hydrogens is 515 g/mol. The molecule has 1 aromatic heterocycles. The fourth-order valence-electron chi connectivity index (χ4n) is 2.72. The van der Waals surface area contributed by atoms with Crippen LogP contribution in [0.2, 0.25) is 0 Å². The van der Waals surface area contributed by atoms with E-state index in [1.807, 2.05) is 44.2 Å². The van der Waals surface area contributed by atoms with Crippen molar-refractivity contribution in [2.24, 2.45) is 4.99 Å². The normalized spacial score (nSPS) is 13.2. The molecule has 0 amide bonds. The molecule has 0 saturated heterocycles. The number of ether oxygens (including phenoxy) is 1. The van der Waals surface area contributed by atoms with Gasteiger partial charge in [-0.2, -0.15) is 0 Å².